The normalized spacial score (nSPS) is 21.7. The van der Waals surface area contributed by atoms with E-state index < -0.39 is 12.1 Å². The van der Waals surface area contributed by atoms with Crippen LogP contribution in [0, 0.1) is 0 Å². The predicted molar refractivity (Wildman–Crippen MR) is 69.3 cm³/mol. The second kappa shape index (κ2) is 5.77. The van der Waals surface area contributed by atoms with Crippen LogP contribution in [0.2, 0.25) is 0 Å². The van der Waals surface area contributed by atoms with Crippen LogP contribution in [-0.2, 0) is 16.1 Å². The van der Waals surface area contributed by atoms with E-state index in [0.717, 1.165) is 5.56 Å². The predicted octanol–water partition coefficient (Wildman–Crippen LogP) is 0.710. The van der Waals surface area contributed by atoms with Crippen molar-refractivity contribution in [3.63, 3.8) is 0 Å². The number of nitrogens with one attached hydrogen (secondary N) is 2. The lowest BCUT2D eigenvalue weighted by Gasteiger charge is -2.35. The number of hydrogen-bond acceptors (Lipinski definition) is 4. The van der Waals surface area contributed by atoms with Gasteiger partial charge in [-0.15, -0.1) is 0 Å². The minimum atomic E-state index is -0.592. The summed E-state index contributed by atoms with van der Waals surface area (Å²) in [6.45, 7) is 0.187. The van der Waals surface area contributed by atoms with Crippen molar-refractivity contribution in [1.29, 1.82) is 0 Å². The van der Waals surface area contributed by atoms with Crippen LogP contribution in [0.5, 0.6) is 0 Å². The van der Waals surface area contributed by atoms with Gasteiger partial charge in [-0.1, -0.05) is 30.3 Å². The van der Waals surface area contributed by atoms with Gasteiger partial charge in [-0.3, -0.25) is 4.79 Å². The molecular weight excluding hydrogens is 252 g/mol. The molecule has 1 fully saturated rings. The highest BCUT2D eigenvalue weighted by Crippen LogP contribution is 2.08. The van der Waals surface area contributed by atoms with Crippen molar-refractivity contribution in [2.75, 3.05) is 5.75 Å². The van der Waals surface area contributed by atoms with Gasteiger partial charge in [-0.05, 0) is 5.56 Å². The van der Waals surface area contributed by atoms with Crippen molar-refractivity contribution < 1.29 is 14.3 Å². The first-order valence-corrected chi connectivity index (χ1v) is 6.22. The summed E-state index contributed by atoms with van der Waals surface area (Å²) in [4.78, 5) is 22.7. The summed E-state index contributed by atoms with van der Waals surface area (Å²) < 4.78 is 5.02. The molecule has 0 saturated carbocycles. The number of rotatable bonds is 4. The molecule has 96 valence electrons. The number of benzene rings is 1. The van der Waals surface area contributed by atoms with Crippen molar-refractivity contribution in [1.82, 2.24) is 10.6 Å². The van der Waals surface area contributed by atoms with Crippen LogP contribution in [-0.4, -0.2) is 29.8 Å². The lowest BCUT2D eigenvalue weighted by atomic mass is 10.0. The van der Waals surface area contributed by atoms with Gasteiger partial charge in [-0.2, -0.15) is 12.6 Å². The van der Waals surface area contributed by atoms with Gasteiger partial charge in [0.25, 0.3) is 0 Å². The van der Waals surface area contributed by atoms with Crippen molar-refractivity contribution in [3.8, 4) is 0 Å². The summed E-state index contributed by atoms with van der Waals surface area (Å²) in [5, 5.41) is 5.15. The van der Waals surface area contributed by atoms with Gasteiger partial charge in [0.05, 0.1) is 6.04 Å². The van der Waals surface area contributed by atoms with Crippen LogP contribution in [0.3, 0.4) is 0 Å². The number of hydrogen-bond donors (Lipinski definition) is 3. The lowest BCUT2D eigenvalue weighted by Crippen LogP contribution is -2.69. The Morgan fingerprint density at radius 3 is 2.72 bits per heavy atom. The molecular formula is C12H14N2O3S. The van der Waals surface area contributed by atoms with E-state index in [1.54, 1.807) is 0 Å². The van der Waals surface area contributed by atoms with Crippen molar-refractivity contribution in [3.05, 3.63) is 35.9 Å². The summed E-state index contributed by atoms with van der Waals surface area (Å²) >= 11 is 4.07. The van der Waals surface area contributed by atoms with Gasteiger partial charge >= 0.3 is 6.09 Å². The Kier molecular flexibility index (Phi) is 4.09. The molecule has 2 amide bonds. The van der Waals surface area contributed by atoms with E-state index in [1.165, 1.54) is 0 Å². The maximum Gasteiger partial charge on any atom is 0.408 e. The zero-order valence-electron chi connectivity index (χ0n) is 9.63. The minimum absolute atomic E-state index is 0.120. The van der Waals surface area contributed by atoms with Crippen LogP contribution >= 0.6 is 12.6 Å². The summed E-state index contributed by atoms with van der Waals surface area (Å²) in [7, 11) is 0. The number of carbonyl (C=O) groups excluding carboxylic acids is 2. The summed E-state index contributed by atoms with van der Waals surface area (Å²) in [5.74, 6) is 0.278. The van der Waals surface area contributed by atoms with Crippen molar-refractivity contribution >= 4 is 24.6 Å². The zero-order valence-corrected chi connectivity index (χ0v) is 10.5. The largest absolute Gasteiger partial charge is 0.445 e. The fraction of sp³-hybridized carbons (Fsp3) is 0.333. The number of thiol groups is 1. The fourth-order valence-electron chi connectivity index (χ4n) is 1.65. The van der Waals surface area contributed by atoms with Crippen LogP contribution in [0.25, 0.3) is 0 Å². The molecule has 18 heavy (non-hydrogen) atoms. The lowest BCUT2D eigenvalue weighted by molar-refractivity contribution is -0.130. The van der Waals surface area contributed by atoms with Crippen molar-refractivity contribution in [2.45, 2.75) is 18.7 Å². The highest BCUT2D eigenvalue weighted by molar-refractivity contribution is 7.80. The molecule has 2 rings (SSSR count). The Hall–Kier alpha value is -1.69. The molecule has 1 aromatic carbocycles. The van der Waals surface area contributed by atoms with E-state index in [9.17, 15) is 9.59 Å². The smallest absolute Gasteiger partial charge is 0.408 e. The van der Waals surface area contributed by atoms with Gasteiger partial charge in [0.2, 0.25) is 5.91 Å². The third kappa shape index (κ3) is 2.95. The standard InChI is InChI=1S/C12H14N2O3S/c15-11-10(9(7-18)13-11)14-12(16)17-6-8-4-2-1-3-5-8/h1-5,9-10,18H,6-7H2,(H,13,15)(H,14,16). The molecule has 5 nitrogen and oxygen atoms in total. The molecule has 6 heteroatoms. The van der Waals surface area contributed by atoms with Gasteiger partial charge in [0.1, 0.15) is 12.6 Å². The van der Waals surface area contributed by atoms with E-state index in [4.69, 9.17) is 4.74 Å². The monoisotopic (exact) mass is 266 g/mol. The summed E-state index contributed by atoms with van der Waals surface area (Å²) in [6.07, 6.45) is -0.592. The average Bonchev–Trinajstić information content (AvgIpc) is 2.41. The van der Waals surface area contributed by atoms with Crippen LogP contribution in [0.15, 0.2) is 30.3 Å². The average molecular weight is 266 g/mol. The van der Waals surface area contributed by atoms with Crippen LogP contribution in [0.4, 0.5) is 4.79 Å². The Bertz CT molecular complexity index is 438. The number of β-lactam (4-membered cyclic amide) rings is 1. The Balaban J connectivity index is 1.77. The molecule has 1 aliphatic heterocycles. The molecule has 0 spiro atoms. The van der Waals surface area contributed by atoms with Gasteiger partial charge in [0.15, 0.2) is 0 Å². The van der Waals surface area contributed by atoms with Gasteiger partial charge in [0, 0.05) is 5.75 Å². The van der Waals surface area contributed by atoms with E-state index in [1.807, 2.05) is 30.3 Å². The molecule has 1 aromatic rings. The molecule has 2 N–H and O–H groups in total. The first-order valence-electron chi connectivity index (χ1n) is 5.59. The Labute approximate surface area is 110 Å². The zero-order chi connectivity index (χ0) is 13.0. The third-order valence-electron chi connectivity index (χ3n) is 2.70. The first kappa shape index (κ1) is 12.8. The maximum absolute atomic E-state index is 11.5. The Morgan fingerprint density at radius 2 is 2.11 bits per heavy atom. The topological polar surface area (TPSA) is 67.4 Å². The van der Waals surface area contributed by atoms with Crippen LogP contribution in [0.1, 0.15) is 5.56 Å². The fourth-order valence-corrected chi connectivity index (χ4v) is 1.95. The summed E-state index contributed by atoms with van der Waals surface area (Å²) in [6, 6.07) is 8.69. The second-order valence-corrected chi connectivity index (χ2v) is 4.35. The number of ether oxygens (including phenoxy) is 1. The van der Waals surface area contributed by atoms with E-state index in [0.29, 0.717) is 5.75 Å². The van der Waals surface area contributed by atoms with E-state index >= 15 is 0 Å². The highest BCUT2D eigenvalue weighted by atomic mass is 32.1. The first-order chi connectivity index (χ1) is 8.70. The van der Waals surface area contributed by atoms with E-state index in [2.05, 4.69) is 23.3 Å². The molecule has 2 atom stereocenters. The second-order valence-electron chi connectivity index (χ2n) is 3.98. The third-order valence-corrected chi connectivity index (χ3v) is 3.09. The van der Waals surface area contributed by atoms with Crippen LogP contribution < -0.4 is 10.6 Å². The molecule has 0 bridgehead atoms. The molecule has 0 radical (unpaired) electrons. The quantitative estimate of drug-likeness (QED) is 0.555. The highest BCUT2D eigenvalue weighted by Gasteiger charge is 2.39. The number of alkyl carbamates (subject to hydrolysis) is 1. The van der Waals surface area contributed by atoms with Gasteiger partial charge in [-0.25, -0.2) is 4.79 Å². The number of amides is 2. The molecule has 0 aliphatic carbocycles. The molecule has 1 saturated heterocycles. The minimum Gasteiger partial charge on any atom is -0.445 e. The maximum atomic E-state index is 11.5. The SMILES string of the molecule is O=C(NC1C(=O)NC1CS)OCc1ccccc1. The Morgan fingerprint density at radius 1 is 1.39 bits per heavy atom. The molecule has 2 unspecified atom stereocenters. The molecule has 1 aliphatic rings. The summed E-state index contributed by atoms with van der Waals surface area (Å²) in [5.41, 5.74) is 0.899. The van der Waals surface area contributed by atoms with Gasteiger partial charge < -0.3 is 15.4 Å². The number of carbonyl (C=O) groups is 2. The van der Waals surface area contributed by atoms with E-state index in [-0.39, 0.29) is 18.6 Å². The molecule has 1 heterocycles. The van der Waals surface area contributed by atoms with Crippen molar-refractivity contribution in [2.24, 2.45) is 0 Å². The molecule has 0 aromatic heterocycles.